The molecule has 0 bridgehead atoms. The van der Waals surface area contributed by atoms with Crippen LogP contribution in [0, 0.1) is 5.92 Å². The van der Waals surface area contributed by atoms with Crippen molar-refractivity contribution in [2.45, 2.75) is 39.4 Å². The summed E-state index contributed by atoms with van der Waals surface area (Å²) in [6, 6.07) is 0. The van der Waals surface area contributed by atoms with Crippen LogP contribution < -0.4 is 0 Å². The Morgan fingerprint density at radius 1 is 1.06 bits per heavy atom. The van der Waals surface area contributed by atoms with Crippen molar-refractivity contribution in [1.29, 1.82) is 0 Å². The molecule has 0 aliphatic heterocycles. The standard InChI is InChI=1S/C12H22O4S/c1-6-15-10(13)9(11(14)16-7-2)8-17-12(3,4)5/h9H,6-8H2,1-5H3. The molecule has 0 fully saturated rings. The first-order valence-corrected chi connectivity index (χ1v) is 6.77. The zero-order chi connectivity index (χ0) is 13.5. The summed E-state index contributed by atoms with van der Waals surface area (Å²) >= 11 is 1.55. The fourth-order valence-electron chi connectivity index (χ4n) is 1.05. The van der Waals surface area contributed by atoms with E-state index in [1.165, 1.54) is 0 Å². The van der Waals surface area contributed by atoms with Crippen LogP contribution in [0.3, 0.4) is 0 Å². The molecule has 0 aromatic rings. The molecule has 0 amide bonds. The third kappa shape index (κ3) is 7.26. The number of ether oxygens (including phenoxy) is 2. The summed E-state index contributed by atoms with van der Waals surface area (Å²) in [5, 5.41) is 0. The first-order chi connectivity index (χ1) is 7.81. The minimum absolute atomic E-state index is 0.00274. The van der Waals surface area contributed by atoms with Crippen molar-refractivity contribution in [3.63, 3.8) is 0 Å². The van der Waals surface area contributed by atoms with Gasteiger partial charge in [-0.25, -0.2) is 0 Å². The fraction of sp³-hybridized carbons (Fsp3) is 0.833. The Hall–Kier alpha value is -0.710. The first-order valence-electron chi connectivity index (χ1n) is 5.79. The summed E-state index contributed by atoms with van der Waals surface area (Å²) in [4.78, 5) is 23.3. The zero-order valence-electron chi connectivity index (χ0n) is 11.2. The van der Waals surface area contributed by atoms with Gasteiger partial charge in [0.2, 0.25) is 0 Å². The highest BCUT2D eigenvalue weighted by Gasteiger charge is 2.31. The fourth-order valence-corrected chi connectivity index (χ4v) is 1.99. The van der Waals surface area contributed by atoms with Crippen LogP contribution in [-0.4, -0.2) is 35.7 Å². The van der Waals surface area contributed by atoms with Gasteiger partial charge in [-0.05, 0) is 13.8 Å². The Balaban J connectivity index is 4.50. The molecule has 0 radical (unpaired) electrons. The molecule has 0 rings (SSSR count). The molecule has 0 heterocycles. The van der Waals surface area contributed by atoms with E-state index in [1.54, 1.807) is 25.6 Å². The number of carbonyl (C=O) groups excluding carboxylic acids is 2. The maximum atomic E-state index is 11.6. The van der Waals surface area contributed by atoms with Crippen molar-refractivity contribution in [2.75, 3.05) is 19.0 Å². The van der Waals surface area contributed by atoms with E-state index in [1.807, 2.05) is 20.8 Å². The smallest absolute Gasteiger partial charge is 0.321 e. The number of hydrogen-bond donors (Lipinski definition) is 0. The van der Waals surface area contributed by atoms with Crippen LogP contribution in [0.25, 0.3) is 0 Å². The van der Waals surface area contributed by atoms with E-state index in [-0.39, 0.29) is 18.0 Å². The SMILES string of the molecule is CCOC(=O)C(CSC(C)(C)C)C(=O)OCC. The summed E-state index contributed by atoms with van der Waals surface area (Å²) in [5.74, 6) is -1.43. The first kappa shape index (κ1) is 16.3. The van der Waals surface area contributed by atoms with Gasteiger partial charge < -0.3 is 9.47 Å². The molecule has 0 atom stereocenters. The third-order valence-electron chi connectivity index (χ3n) is 1.83. The van der Waals surface area contributed by atoms with Gasteiger partial charge in [0.15, 0.2) is 5.92 Å². The van der Waals surface area contributed by atoms with Crippen LogP contribution in [0.5, 0.6) is 0 Å². The Bertz CT molecular complexity index is 240. The van der Waals surface area contributed by atoms with Crippen LogP contribution >= 0.6 is 11.8 Å². The highest BCUT2D eigenvalue weighted by molar-refractivity contribution is 8.00. The summed E-state index contributed by atoms with van der Waals surface area (Å²) in [7, 11) is 0. The molecule has 0 N–H and O–H groups in total. The number of thioether (sulfide) groups is 1. The maximum absolute atomic E-state index is 11.6. The molecule has 17 heavy (non-hydrogen) atoms. The lowest BCUT2D eigenvalue weighted by molar-refractivity contribution is -0.160. The van der Waals surface area contributed by atoms with Gasteiger partial charge >= 0.3 is 11.9 Å². The van der Waals surface area contributed by atoms with Gasteiger partial charge in [0.1, 0.15) is 0 Å². The molecule has 0 saturated carbocycles. The predicted octanol–water partition coefficient (Wildman–Crippen LogP) is 2.26. The van der Waals surface area contributed by atoms with E-state index in [2.05, 4.69) is 0 Å². The van der Waals surface area contributed by atoms with Crippen molar-refractivity contribution in [1.82, 2.24) is 0 Å². The molecule has 100 valence electrons. The van der Waals surface area contributed by atoms with E-state index in [0.717, 1.165) is 0 Å². The van der Waals surface area contributed by atoms with E-state index < -0.39 is 17.9 Å². The monoisotopic (exact) mass is 262 g/mol. The quantitative estimate of drug-likeness (QED) is 0.543. The van der Waals surface area contributed by atoms with Gasteiger partial charge in [-0.2, -0.15) is 11.8 Å². The van der Waals surface area contributed by atoms with E-state index in [4.69, 9.17) is 9.47 Å². The topological polar surface area (TPSA) is 52.6 Å². The molecule has 0 aromatic heterocycles. The molecule has 0 unspecified atom stereocenters. The lowest BCUT2D eigenvalue weighted by atomic mass is 10.2. The minimum atomic E-state index is -0.820. The number of rotatable bonds is 6. The second kappa shape index (κ2) is 7.58. The van der Waals surface area contributed by atoms with Gasteiger partial charge in [0.25, 0.3) is 0 Å². The van der Waals surface area contributed by atoms with E-state index >= 15 is 0 Å². The van der Waals surface area contributed by atoms with Crippen molar-refractivity contribution in [3.8, 4) is 0 Å². The van der Waals surface area contributed by atoms with Crippen LogP contribution in [0.15, 0.2) is 0 Å². The predicted molar refractivity (Wildman–Crippen MR) is 69.0 cm³/mol. The van der Waals surface area contributed by atoms with Crippen molar-refractivity contribution in [3.05, 3.63) is 0 Å². The summed E-state index contributed by atoms with van der Waals surface area (Å²) in [6.45, 7) is 10.1. The molecule has 0 aliphatic rings. The highest BCUT2D eigenvalue weighted by Crippen LogP contribution is 2.26. The number of esters is 2. The summed E-state index contributed by atoms with van der Waals surface area (Å²) in [5.41, 5.74) is 0. The van der Waals surface area contributed by atoms with Crippen molar-refractivity contribution < 1.29 is 19.1 Å². The van der Waals surface area contributed by atoms with E-state index in [0.29, 0.717) is 5.75 Å². The normalized spacial score (nSPS) is 11.4. The Labute approximate surface area is 107 Å². The van der Waals surface area contributed by atoms with Gasteiger partial charge in [-0.15, -0.1) is 0 Å². The van der Waals surface area contributed by atoms with Gasteiger partial charge in [-0.3, -0.25) is 9.59 Å². The third-order valence-corrected chi connectivity index (χ3v) is 3.19. The summed E-state index contributed by atoms with van der Waals surface area (Å²) < 4.78 is 9.76. The van der Waals surface area contributed by atoms with Crippen LogP contribution in [0.4, 0.5) is 0 Å². The van der Waals surface area contributed by atoms with Gasteiger partial charge in [0, 0.05) is 10.5 Å². The number of carbonyl (C=O) groups is 2. The van der Waals surface area contributed by atoms with E-state index in [9.17, 15) is 9.59 Å². The molecule has 0 saturated heterocycles. The largest absolute Gasteiger partial charge is 0.465 e. The second-order valence-corrected chi connectivity index (χ2v) is 6.33. The molecular weight excluding hydrogens is 240 g/mol. The average Bonchev–Trinajstić information content (AvgIpc) is 2.16. The molecular formula is C12H22O4S. The Morgan fingerprint density at radius 3 is 1.76 bits per heavy atom. The maximum Gasteiger partial charge on any atom is 0.321 e. The lowest BCUT2D eigenvalue weighted by Gasteiger charge is -2.20. The van der Waals surface area contributed by atoms with Crippen LogP contribution in [-0.2, 0) is 19.1 Å². The molecule has 0 aliphatic carbocycles. The number of hydrogen-bond acceptors (Lipinski definition) is 5. The minimum Gasteiger partial charge on any atom is -0.465 e. The average molecular weight is 262 g/mol. The van der Waals surface area contributed by atoms with Crippen molar-refractivity contribution in [2.24, 2.45) is 5.92 Å². The summed E-state index contributed by atoms with van der Waals surface area (Å²) in [6.07, 6.45) is 0. The van der Waals surface area contributed by atoms with Crippen LogP contribution in [0.1, 0.15) is 34.6 Å². The molecule has 0 spiro atoms. The molecule has 0 aromatic carbocycles. The highest BCUT2D eigenvalue weighted by atomic mass is 32.2. The Kier molecular flexibility index (Phi) is 7.27. The van der Waals surface area contributed by atoms with Crippen molar-refractivity contribution >= 4 is 23.7 Å². The molecule has 4 nitrogen and oxygen atoms in total. The van der Waals surface area contributed by atoms with Gasteiger partial charge in [-0.1, -0.05) is 20.8 Å². The second-order valence-electron chi connectivity index (χ2n) is 4.48. The Morgan fingerprint density at radius 2 is 1.47 bits per heavy atom. The van der Waals surface area contributed by atoms with Crippen LogP contribution in [0.2, 0.25) is 0 Å². The van der Waals surface area contributed by atoms with Gasteiger partial charge in [0.05, 0.1) is 13.2 Å². The molecule has 5 heteroatoms. The lowest BCUT2D eigenvalue weighted by Crippen LogP contribution is -2.31. The zero-order valence-corrected chi connectivity index (χ0v) is 12.1.